The molecule has 0 fully saturated rings. The van der Waals surface area contributed by atoms with Crippen LogP contribution in [0.3, 0.4) is 0 Å². The molecule has 0 bridgehead atoms. The quantitative estimate of drug-likeness (QED) is 0.112. The highest BCUT2D eigenvalue weighted by Crippen LogP contribution is 2.24. The minimum absolute atomic E-state index is 0.164. The summed E-state index contributed by atoms with van der Waals surface area (Å²) in [6, 6.07) is 16.2. The first-order chi connectivity index (χ1) is 18.1. The molecule has 3 rings (SSSR count). The summed E-state index contributed by atoms with van der Waals surface area (Å²) in [5, 5.41) is 0. The number of nitrogens with zero attached hydrogens (tertiary/aromatic N) is 2. The number of esters is 1. The molecule has 0 amide bonds. The Morgan fingerprint density at radius 3 is 2.00 bits per heavy atom. The predicted octanol–water partition coefficient (Wildman–Crippen LogP) is 9.23. The first-order valence-corrected chi connectivity index (χ1v) is 14.3. The molecule has 0 aliphatic heterocycles. The van der Waals surface area contributed by atoms with Gasteiger partial charge < -0.3 is 4.74 Å². The zero-order valence-corrected chi connectivity index (χ0v) is 23.0. The van der Waals surface area contributed by atoms with Gasteiger partial charge in [-0.1, -0.05) is 115 Å². The normalized spacial score (nSPS) is 11.9. The van der Waals surface area contributed by atoms with E-state index in [4.69, 9.17) is 4.74 Å². The number of aryl methyl sites for hydroxylation is 1. The molecule has 0 saturated carbocycles. The van der Waals surface area contributed by atoms with Gasteiger partial charge >= 0.3 is 5.97 Å². The van der Waals surface area contributed by atoms with Crippen molar-refractivity contribution in [3.8, 4) is 28.3 Å². The lowest BCUT2D eigenvalue weighted by molar-refractivity contribution is -0.135. The van der Waals surface area contributed by atoms with Crippen molar-refractivity contribution in [2.45, 2.75) is 97.8 Å². The van der Waals surface area contributed by atoms with E-state index < -0.39 is 0 Å². The second kappa shape index (κ2) is 16.0. The van der Waals surface area contributed by atoms with Gasteiger partial charge in [0.15, 0.2) is 5.82 Å². The molecule has 2 aromatic carbocycles. The molecule has 1 heterocycles. The lowest BCUT2D eigenvalue weighted by atomic mass is 10.0. The fourth-order valence-corrected chi connectivity index (χ4v) is 4.57. The molecule has 4 nitrogen and oxygen atoms in total. The van der Waals surface area contributed by atoms with Gasteiger partial charge in [-0.3, -0.25) is 4.79 Å². The third kappa shape index (κ3) is 10.1. The summed E-state index contributed by atoms with van der Waals surface area (Å²) in [4.78, 5) is 21.5. The molecular weight excluding hydrogens is 456 g/mol. The van der Waals surface area contributed by atoms with Crippen molar-refractivity contribution in [2.75, 3.05) is 0 Å². The molecule has 198 valence electrons. The van der Waals surface area contributed by atoms with Gasteiger partial charge in [0.2, 0.25) is 0 Å². The van der Waals surface area contributed by atoms with Crippen LogP contribution in [-0.4, -0.2) is 15.9 Å². The number of hydrogen-bond acceptors (Lipinski definition) is 4. The van der Waals surface area contributed by atoms with Crippen LogP contribution in [0.15, 0.2) is 60.9 Å². The van der Waals surface area contributed by atoms with E-state index in [0.29, 0.717) is 18.1 Å². The lowest BCUT2D eigenvalue weighted by Crippen LogP contribution is -2.12. The topological polar surface area (TPSA) is 52.1 Å². The molecule has 0 aliphatic rings. The van der Waals surface area contributed by atoms with Crippen molar-refractivity contribution in [3.63, 3.8) is 0 Å². The van der Waals surface area contributed by atoms with Crippen LogP contribution >= 0.6 is 0 Å². The van der Waals surface area contributed by atoms with Crippen LogP contribution in [0.2, 0.25) is 0 Å². The van der Waals surface area contributed by atoms with Crippen LogP contribution in [0, 0.1) is 5.92 Å². The first kappa shape index (κ1) is 28.6. The highest BCUT2D eigenvalue weighted by atomic mass is 16.5. The van der Waals surface area contributed by atoms with Gasteiger partial charge in [-0.25, -0.2) is 9.97 Å². The summed E-state index contributed by atoms with van der Waals surface area (Å²) in [5.74, 6) is 1.49. The third-order valence-corrected chi connectivity index (χ3v) is 6.92. The Bertz CT molecular complexity index is 1040. The van der Waals surface area contributed by atoms with Gasteiger partial charge in [0.25, 0.3) is 0 Å². The Balaban J connectivity index is 1.48. The number of hydrogen-bond donors (Lipinski definition) is 0. The molecule has 4 heteroatoms. The molecule has 3 aromatic rings. The number of rotatable bonds is 16. The summed E-state index contributed by atoms with van der Waals surface area (Å²) >= 11 is 0. The maximum absolute atomic E-state index is 12.3. The summed E-state index contributed by atoms with van der Waals surface area (Å²) in [6.45, 7) is 6.57. The smallest absolute Gasteiger partial charge is 0.311 e. The molecule has 0 saturated heterocycles. The van der Waals surface area contributed by atoms with Gasteiger partial charge in [-0.05, 0) is 42.0 Å². The zero-order valence-electron chi connectivity index (χ0n) is 23.0. The standard InChI is InChI=1S/C33H44N2O2/c1-4-6-8-9-10-12-14-27-15-17-29(18-16-27)33-34-24-30(25-35-33)28-19-21-31(22-20-28)37-32(36)23-26(3)13-11-7-5-2/h15-22,24-26H,4-14,23H2,1-3H3. The number of aromatic nitrogens is 2. The Kier molecular flexibility index (Phi) is 12.3. The van der Waals surface area contributed by atoms with E-state index in [9.17, 15) is 4.79 Å². The van der Waals surface area contributed by atoms with Crippen LogP contribution < -0.4 is 4.74 Å². The monoisotopic (exact) mass is 500 g/mol. The van der Waals surface area contributed by atoms with E-state index in [1.165, 1.54) is 63.4 Å². The second-order valence-corrected chi connectivity index (χ2v) is 10.3. The maximum Gasteiger partial charge on any atom is 0.311 e. The first-order valence-electron chi connectivity index (χ1n) is 14.3. The van der Waals surface area contributed by atoms with Crippen molar-refractivity contribution in [1.82, 2.24) is 9.97 Å². The minimum atomic E-state index is -0.164. The summed E-state index contributed by atoms with van der Waals surface area (Å²) < 4.78 is 5.54. The summed E-state index contributed by atoms with van der Waals surface area (Å²) in [7, 11) is 0. The Morgan fingerprint density at radius 2 is 1.32 bits per heavy atom. The Hall–Kier alpha value is -3.01. The van der Waals surface area contributed by atoms with Crippen LogP contribution in [0.1, 0.15) is 97.0 Å². The number of carbonyl (C=O) groups excluding carboxylic acids is 1. The fourth-order valence-electron chi connectivity index (χ4n) is 4.57. The molecule has 0 radical (unpaired) electrons. The van der Waals surface area contributed by atoms with E-state index in [0.717, 1.165) is 35.4 Å². The number of ether oxygens (including phenoxy) is 1. The predicted molar refractivity (Wildman–Crippen MR) is 154 cm³/mol. The largest absolute Gasteiger partial charge is 0.427 e. The molecule has 37 heavy (non-hydrogen) atoms. The number of benzene rings is 2. The van der Waals surface area contributed by atoms with Gasteiger partial charge in [-0.15, -0.1) is 0 Å². The molecule has 1 atom stereocenters. The van der Waals surface area contributed by atoms with E-state index in [2.05, 4.69) is 55.0 Å². The third-order valence-electron chi connectivity index (χ3n) is 6.92. The van der Waals surface area contributed by atoms with Crippen molar-refractivity contribution >= 4 is 5.97 Å². The molecule has 0 N–H and O–H groups in total. The van der Waals surface area contributed by atoms with Gasteiger partial charge in [-0.2, -0.15) is 0 Å². The average molecular weight is 501 g/mol. The van der Waals surface area contributed by atoms with Crippen molar-refractivity contribution in [2.24, 2.45) is 5.92 Å². The minimum Gasteiger partial charge on any atom is -0.427 e. The van der Waals surface area contributed by atoms with Gasteiger partial charge in [0.05, 0.1) is 0 Å². The molecule has 1 aromatic heterocycles. The van der Waals surface area contributed by atoms with Crippen molar-refractivity contribution < 1.29 is 9.53 Å². The second-order valence-electron chi connectivity index (χ2n) is 10.3. The number of unbranched alkanes of at least 4 members (excludes halogenated alkanes) is 7. The zero-order chi connectivity index (χ0) is 26.3. The SMILES string of the molecule is CCCCCCCCc1ccc(-c2ncc(-c3ccc(OC(=O)CC(C)CCCCC)cc3)cn2)cc1. The van der Waals surface area contributed by atoms with E-state index in [1.54, 1.807) is 0 Å². The molecule has 0 spiro atoms. The van der Waals surface area contributed by atoms with Crippen LogP contribution in [0.5, 0.6) is 5.75 Å². The Labute approximate surface area is 223 Å². The van der Waals surface area contributed by atoms with Crippen molar-refractivity contribution in [1.29, 1.82) is 0 Å². The molecular formula is C33H44N2O2. The lowest BCUT2D eigenvalue weighted by Gasteiger charge is -2.11. The number of carbonyl (C=O) groups is 1. The summed E-state index contributed by atoms with van der Waals surface area (Å²) in [5.41, 5.74) is 4.34. The highest BCUT2D eigenvalue weighted by Gasteiger charge is 2.11. The van der Waals surface area contributed by atoms with E-state index >= 15 is 0 Å². The van der Waals surface area contributed by atoms with Gasteiger partial charge in [0, 0.05) is 29.9 Å². The van der Waals surface area contributed by atoms with Gasteiger partial charge in [0.1, 0.15) is 5.75 Å². The van der Waals surface area contributed by atoms with Crippen LogP contribution in [0.4, 0.5) is 0 Å². The molecule has 0 aliphatic carbocycles. The Morgan fingerprint density at radius 1 is 0.730 bits per heavy atom. The van der Waals surface area contributed by atoms with Crippen LogP contribution in [-0.2, 0) is 11.2 Å². The van der Waals surface area contributed by atoms with Crippen LogP contribution in [0.25, 0.3) is 22.5 Å². The van der Waals surface area contributed by atoms with Crippen molar-refractivity contribution in [3.05, 3.63) is 66.5 Å². The highest BCUT2D eigenvalue weighted by molar-refractivity contribution is 5.73. The maximum atomic E-state index is 12.3. The van der Waals surface area contributed by atoms with E-state index in [-0.39, 0.29) is 5.97 Å². The summed E-state index contributed by atoms with van der Waals surface area (Å²) in [6.07, 6.45) is 17.9. The van der Waals surface area contributed by atoms with E-state index in [1.807, 2.05) is 36.7 Å². The fraction of sp³-hybridized carbons (Fsp3) is 0.485. The molecule has 1 unspecified atom stereocenters. The average Bonchev–Trinajstić information content (AvgIpc) is 2.92.